The number of benzene rings is 1. The molecule has 1 aliphatic carbocycles. The molecule has 2 aliphatic heterocycles. The number of rotatable bonds is 4. The van der Waals surface area contributed by atoms with Gasteiger partial charge >= 0.3 is 0 Å². The largest absolute Gasteiger partial charge is 0.356 e. The van der Waals surface area contributed by atoms with Gasteiger partial charge in [-0.25, -0.2) is 4.98 Å². The Morgan fingerprint density at radius 2 is 1.73 bits per heavy atom. The zero-order valence-corrected chi connectivity index (χ0v) is 14.9. The minimum atomic E-state index is -0.360. The zero-order valence-electron chi connectivity index (χ0n) is 14.9. The van der Waals surface area contributed by atoms with E-state index in [0.717, 1.165) is 49.0 Å². The van der Waals surface area contributed by atoms with Crippen LogP contribution in [0.25, 0.3) is 11.3 Å². The lowest BCUT2D eigenvalue weighted by molar-refractivity contribution is -0.169. The first kappa shape index (κ1) is 16.0. The van der Waals surface area contributed by atoms with Crippen molar-refractivity contribution in [1.82, 2.24) is 9.97 Å². The molecule has 3 heterocycles. The van der Waals surface area contributed by atoms with Crippen LogP contribution in [0.5, 0.6) is 0 Å². The summed E-state index contributed by atoms with van der Waals surface area (Å²) in [5.41, 5.74) is 2.08. The van der Waals surface area contributed by atoms with Gasteiger partial charge < -0.3 is 19.7 Å². The van der Waals surface area contributed by atoms with Gasteiger partial charge in [0.1, 0.15) is 5.82 Å². The third-order valence-corrected chi connectivity index (χ3v) is 5.36. The van der Waals surface area contributed by atoms with Gasteiger partial charge in [0.25, 0.3) is 0 Å². The van der Waals surface area contributed by atoms with Gasteiger partial charge in [0, 0.05) is 43.6 Å². The zero-order chi connectivity index (χ0) is 17.4. The summed E-state index contributed by atoms with van der Waals surface area (Å²) in [5.74, 6) is 1.35. The van der Waals surface area contributed by atoms with Crippen LogP contribution >= 0.6 is 0 Å². The Kier molecular flexibility index (Phi) is 4.02. The van der Waals surface area contributed by atoms with E-state index in [1.807, 2.05) is 18.2 Å². The fraction of sp³-hybridized carbons (Fsp3) is 0.500. The topological polar surface area (TPSA) is 59.5 Å². The Labute approximate surface area is 153 Å². The maximum atomic E-state index is 5.85. The van der Waals surface area contributed by atoms with Crippen molar-refractivity contribution >= 4 is 11.8 Å². The molecule has 1 saturated carbocycles. The van der Waals surface area contributed by atoms with Gasteiger partial charge in [0.15, 0.2) is 5.79 Å². The molecule has 1 N–H and O–H groups in total. The number of nitrogens with one attached hydrogen (secondary N) is 1. The molecule has 2 aromatic rings. The second-order valence-corrected chi connectivity index (χ2v) is 7.31. The molecule has 1 spiro atoms. The molecule has 1 aromatic carbocycles. The maximum absolute atomic E-state index is 5.85. The van der Waals surface area contributed by atoms with Gasteiger partial charge in [-0.3, -0.25) is 0 Å². The van der Waals surface area contributed by atoms with Gasteiger partial charge in [-0.1, -0.05) is 30.3 Å². The average Bonchev–Trinajstić information content (AvgIpc) is 3.39. The highest BCUT2D eigenvalue weighted by Crippen LogP contribution is 2.34. The molecular formula is C20H24N4O2. The summed E-state index contributed by atoms with van der Waals surface area (Å²) in [7, 11) is 0. The standard InChI is InChI=1S/C20H24N4O2/c1-2-4-15(5-3-1)17-14-18(23-19(22-17)21-16-6-7-16)24-10-8-20(9-11-24)25-12-13-26-20/h1-5,14,16H,6-13H2,(H,21,22,23). The van der Waals surface area contributed by atoms with Crippen molar-refractivity contribution in [2.24, 2.45) is 0 Å². The summed E-state index contributed by atoms with van der Waals surface area (Å²) in [6, 6.07) is 12.9. The molecule has 0 bridgehead atoms. The first-order valence-corrected chi connectivity index (χ1v) is 9.54. The molecular weight excluding hydrogens is 328 g/mol. The van der Waals surface area contributed by atoms with Crippen LogP contribution in [0, 0.1) is 0 Å². The minimum Gasteiger partial charge on any atom is -0.356 e. The van der Waals surface area contributed by atoms with Crippen LogP contribution in [0.1, 0.15) is 25.7 Å². The fourth-order valence-corrected chi connectivity index (χ4v) is 3.69. The Morgan fingerprint density at radius 3 is 2.42 bits per heavy atom. The predicted octanol–water partition coefficient (Wildman–Crippen LogP) is 3.06. The monoisotopic (exact) mass is 352 g/mol. The van der Waals surface area contributed by atoms with Crippen molar-refractivity contribution in [2.45, 2.75) is 37.5 Å². The van der Waals surface area contributed by atoms with E-state index in [0.29, 0.717) is 19.3 Å². The molecule has 6 heteroatoms. The second kappa shape index (κ2) is 6.52. The summed E-state index contributed by atoms with van der Waals surface area (Å²) in [6.07, 6.45) is 4.16. The van der Waals surface area contributed by atoms with E-state index in [9.17, 15) is 0 Å². The maximum Gasteiger partial charge on any atom is 0.225 e. The third kappa shape index (κ3) is 3.27. The van der Waals surface area contributed by atoms with Crippen LogP contribution in [-0.2, 0) is 9.47 Å². The van der Waals surface area contributed by atoms with Crippen LogP contribution in [0.4, 0.5) is 11.8 Å². The average molecular weight is 352 g/mol. The lowest BCUT2D eigenvalue weighted by Crippen LogP contribution is -2.45. The van der Waals surface area contributed by atoms with E-state index in [-0.39, 0.29) is 5.79 Å². The summed E-state index contributed by atoms with van der Waals surface area (Å²) in [4.78, 5) is 11.9. The minimum absolute atomic E-state index is 0.360. The Hall–Kier alpha value is -2.18. The molecule has 136 valence electrons. The van der Waals surface area contributed by atoms with Gasteiger partial charge in [0.2, 0.25) is 5.95 Å². The van der Waals surface area contributed by atoms with Crippen LogP contribution in [0.3, 0.4) is 0 Å². The number of aromatic nitrogens is 2. The summed E-state index contributed by atoms with van der Waals surface area (Å²) >= 11 is 0. The predicted molar refractivity (Wildman–Crippen MR) is 100 cm³/mol. The Morgan fingerprint density at radius 1 is 1.00 bits per heavy atom. The Balaban J connectivity index is 1.42. The number of nitrogens with zero attached hydrogens (tertiary/aromatic N) is 3. The molecule has 0 radical (unpaired) electrons. The lowest BCUT2D eigenvalue weighted by Gasteiger charge is -2.38. The fourth-order valence-electron chi connectivity index (χ4n) is 3.69. The normalized spacial score (nSPS) is 21.9. The third-order valence-electron chi connectivity index (χ3n) is 5.36. The smallest absolute Gasteiger partial charge is 0.225 e. The van der Waals surface area contributed by atoms with E-state index in [1.165, 1.54) is 12.8 Å². The molecule has 0 unspecified atom stereocenters. The van der Waals surface area contributed by atoms with E-state index in [2.05, 4.69) is 28.4 Å². The van der Waals surface area contributed by atoms with Gasteiger partial charge in [-0.2, -0.15) is 4.98 Å². The van der Waals surface area contributed by atoms with Crippen molar-refractivity contribution in [2.75, 3.05) is 36.5 Å². The molecule has 6 nitrogen and oxygen atoms in total. The van der Waals surface area contributed by atoms with Crippen LogP contribution in [0.15, 0.2) is 36.4 Å². The number of hydrogen-bond donors (Lipinski definition) is 1. The Bertz CT molecular complexity index is 763. The first-order valence-electron chi connectivity index (χ1n) is 9.54. The highest BCUT2D eigenvalue weighted by atomic mass is 16.7. The van der Waals surface area contributed by atoms with Crippen LogP contribution in [-0.4, -0.2) is 48.1 Å². The van der Waals surface area contributed by atoms with Crippen molar-refractivity contribution in [3.05, 3.63) is 36.4 Å². The highest BCUT2D eigenvalue weighted by molar-refractivity contribution is 5.65. The van der Waals surface area contributed by atoms with Gasteiger partial charge in [-0.15, -0.1) is 0 Å². The van der Waals surface area contributed by atoms with Crippen molar-refractivity contribution in [3.8, 4) is 11.3 Å². The molecule has 2 saturated heterocycles. The number of anilines is 2. The molecule has 3 fully saturated rings. The van der Waals surface area contributed by atoms with Crippen molar-refractivity contribution < 1.29 is 9.47 Å². The van der Waals surface area contributed by atoms with Gasteiger partial charge in [-0.05, 0) is 12.8 Å². The number of piperidine rings is 1. The summed E-state index contributed by atoms with van der Waals surface area (Å²) < 4.78 is 11.7. The first-order chi connectivity index (χ1) is 12.8. The highest BCUT2D eigenvalue weighted by Gasteiger charge is 2.40. The SMILES string of the molecule is c1ccc(-c2cc(N3CCC4(CC3)OCCO4)nc(NC3CC3)n2)cc1. The molecule has 0 amide bonds. The van der Waals surface area contributed by atoms with Crippen molar-refractivity contribution in [1.29, 1.82) is 0 Å². The van der Waals surface area contributed by atoms with E-state index in [1.54, 1.807) is 0 Å². The quantitative estimate of drug-likeness (QED) is 0.913. The number of ether oxygens (including phenoxy) is 2. The van der Waals surface area contributed by atoms with Crippen LogP contribution < -0.4 is 10.2 Å². The summed E-state index contributed by atoms with van der Waals surface area (Å²) in [5, 5.41) is 3.46. The van der Waals surface area contributed by atoms with E-state index >= 15 is 0 Å². The van der Waals surface area contributed by atoms with E-state index in [4.69, 9.17) is 19.4 Å². The molecule has 1 aromatic heterocycles. The van der Waals surface area contributed by atoms with Crippen molar-refractivity contribution in [3.63, 3.8) is 0 Å². The van der Waals surface area contributed by atoms with E-state index < -0.39 is 0 Å². The molecule has 3 aliphatic rings. The molecule has 0 atom stereocenters. The van der Waals surface area contributed by atoms with Crippen LogP contribution in [0.2, 0.25) is 0 Å². The second-order valence-electron chi connectivity index (χ2n) is 7.31. The molecule has 26 heavy (non-hydrogen) atoms. The summed E-state index contributed by atoms with van der Waals surface area (Å²) in [6.45, 7) is 3.18. The van der Waals surface area contributed by atoms with Gasteiger partial charge in [0.05, 0.1) is 18.9 Å². The molecule has 5 rings (SSSR count). The number of hydrogen-bond acceptors (Lipinski definition) is 6. The lowest BCUT2D eigenvalue weighted by atomic mass is 10.0.